The average Bonchev–Trinajstić information content (AvgIpc) is 2.56. The molecule has 0 aliphatic heterocycles. The molecule has 2 rings (SSSR count). The molecule has 0 fully saturated rings. The summed E-state index contributed by atoms with van der Waals surface area (Å²) in [6.45, 7) is 11.4. The molecule has 1 unspecified atom stereocenters. The SMILES string of the molecule is CCC(C)(C)c1ccc(C(C)(CC)Nc2ccccc2)cc1. The van der Waals surface area contributed by atoms with E-state index in [1.54, 1.807) is 0 Å². The first-order valence-electron chi connectivity index (χ1n) is 8.35. The third-order valence-corrected chi connectivity index (χ3v) is 5.09. The van der Waals surface area contributed by atoms with E-state index in [1.807, 2.05) is 0 Å². The van der Waals surface area contributed by atoms with Crippen molar-refractivity contribution in [1.82, 2.24) is 0 Å². The van der Waals surface area contributed by atoms with E-state index in [9.17, 15) is 0 Å². The zero-order valence-corrected chi connectivity index (χ0v) is 14.6. The monoisotopic (exact) mass is 295 g/mol. The molecule has 2 aromatic carbocycles. The maximum absolute atomic E-state index is 3.69. The van der Waals surface area contributed by atoms with Crippen LogP contribution in [-0.4, -0.2) is 0 Å². The molecule has 1 atom stereocenters. The molecule has 1 N–H and O–H groups in total. The van der Waals surface area contributed by atoms with E-state index in [2.05, 4.69) is 94.5 Å². The van der Waals surface area contributed by atoms with Gasteiger partial charge in [-0.2, -0.15) is 0 Å². The van der Waals surface area contributed by atoms with Gasteiger partial charge in [0.1, 0.15) is 0 Å². The van der Waals surface area contributed by atoms with Crippen LogP contribution in [-0.2, 0) is 11.0 Å². The van der Waals surface area contributed by atoms with Crippen molar-refractivity contribution in [2.45, 2.75) is 58.4 Å². The Balaban J connectivity index is 2.27. The predicted octanol–water partition coefficient (Wildman–Crippen LogP) is 6.11. The van der Waals surface area contributed by atoms with E-state index in [4.69, 9.17) is 0 Å². The molecule has 2 aromatic rings. The lowest BCUT2D eigenvalue weighted by atomic mass is 9.80. The zero-order valence-electron chi connectivity index (χ0n) is 14.6. The second-order valence-corrected chi connectivity index (χ2v) is 6.99. The lowest BCUT2D eigenvalue weighted by molar-refractivity contribution is 0.501. The molecule has 0 aromatic heterocycles. The highest BCUT2D eigenvalue weighted by Crippen LogP contribution is 2.32. The smallest absolute Gasteiger partial charge is 0.0594 e. The number of anilines is 1. The molecule has 22 heavy (non-hydrogen) atoms. The van der Waals surface area contributed by atoms with Gasteiger partial charge in [-0.1, -0.05) is 70.2 Å². The number of rotatable bonds is 6. The Morgan fingerprint density at radius 2 is 1.27 bits per heavy atom. The standard InChI is InChI=1S/C21H29N/c1-6-20(3,4)17-13-15-18(16-14-17)21(5,7-2)22-19-11-9-8-10-12-19/h8-16,22H,6-7H2,1-5H3. The Labute approximate surface area is 135 Å². The van der Waals surface area contributed by atoms with Crippen molar-refractivity contribution in [2.24, 2.45) is 0 Å². The third-order valence-electron chi connectivity index (χ3n) is 5.09. The van der Waals surface area contributed by atoms with Crippen molar-refractivity contribution < 1.29 is 0 Å². The minimum atomic E-state index is -0.0454. The maximum Gasteiger partial charge on any atom is 0.0594 e. The minimum absolute atomic E-state index is 0.0454. The van der Waals surface area contributed by atoms with Gasteiger partial charge in [0.2, 0.25) is 0 Å². The average molecular weight is 295 g/mol. The molecule has 0 saturated carbocycles. The second kappa shape index (κ2) is 6.56. The van der Waals surface area contributed by atoms with Crippen LogP contribution in [0.25, 0.3) is 0 Å². The van der Waals surface area contributed by atoms with Gasteiger partial charge in [0.25, 0.3) is 0 Å². The van der Waals surface area contributed by atoms with Gasteiger partial charge in [0.15, 0.2) is 0 Å². The van der Waals surface area contributed by atoms with E-state index < -0.39 is 0 Å². The number of nitrogens with one attached hydrogen (secondary N) is 1. The van der Waals surface area contributed by atoms with Crippen LogP contribution >= 0.6 is 0 Å². The van der Waals surface area contributed by atoms with Crippen LogP contribution < -0.4 is 5.32 Å². The van der Waals surface area contributed by atoms with E-state index in [0.29, 0.717) is 0 Å². The van der Waals surface area contributed by atoms with Crippen LogP contribution in [0.1, 0.15) is 58.6 Å². The predicted molar refractivity (Wildman–Crippen MR) is 97.5 cm³/mol. The Kier molecular flexibility index (Phi) is 4.95. The summed E-state index contributed by atoms with van der Waals surface area (Å²) in [6, 6.07) is 19.6. The highest BCUT2D eigenvalue weighted by Gasteiger charge is 2.25. The highest BCUT2D eigenvalue weighted by molar-refractivity contribution is 5.48. The van der Waals surface area contributed by atoms with E-state index in [-0.39, 0.29) is 11.0 Å². The normalized spacial score (nSPS) is 14.4. The summed E-state index contributed by atoms with van der Waals surface area (Å²) >= 11 is 0. The van der Waals surface area contributed by atoms with Gasteiger partial charge in [0.05, 0.1) is 5.54 Å². The molecule has 0 aliphatic carbocycles. The number of benzene rings is 2. The van der Waals surface area contributed by atoms with E-state index >= 15 is 0 Å². The lowest BCUT2D eigenvalue weighted by Gasteiger charge is -2.32. The van der Waals surface area contributed by atoms with Crippen molar-refractivity contribution in [1.29, 1.82) is 0 Å². The molecule has 0 spiro atoms. The Morgan fingerprint density at radius 3 is 1.77 bits per heavy atom. The summed E-state index contributed by atoms with van der Waals surface area (Å²) in [5, 5.41) is 3.69. The molecular weight excluding hydrogens is 266 g/mol. The quantitative estimate of drug-likeness (QED) is 0.677. The van der Waals surface area contributed by atoms with Crippen LogP contribution in [0.5, 0.6) is 0 Å². The van der Waals surface area contributed by atoms with Gasteiger partial charge < -0.3 is 5.32 Å². The Morgan fingerprint density at radius 1 is 0.727 bits per heavy atom. The topological polar surface area (TPSA) is 12.0 Å². The van der Waals surface area contributed by atoms with Gasteiger partial charge in [-0.3, -0.25) is 0 Å². The lowest BCUT2D eigenvalue weighted by Crippen LogP contribution is -2.31. The summed E-state index contributed by atoms with van der Waals surface area (Å²) < 4.78 is 0. The Bertz CT molecular complexity index is 583. The highest BCUT2D eigenvalue weighted by atomic mass is 15.0. The molecule has 0 amide bonds. The summed E-state index contributed by atoms with van der Waals surface area (Å²) in [5.74, 6) is 0. The van der Waals surface area contributed by atoms with Crippen LogP contribution in [0, 0.1) is 0 Å². The Hall–Kier alpha value is -1.76. The number of para-hydroxylation sites is 1. The van der Waals surface area contributed by atoms with Crippen molar-refractivity contribution in [2.75, 3.05) is 5.32 Å². The summed E-state index contributed by atoms with van der Waals surface area (Å²) in [6.07, 6.45) is 2.19. The molecule has 0 radical (unpaired) electrons. The fourth-order valence-electron chi connectivity index (χ4n) is 2.70. The molecular formula is C21H29N. The molecule has 0 heterocycles. The van der Waals surface area contributed by atoms with Crippen molar-refractivity contribution in [3.05, 3.63) is 65.7 Å². The fourth-order valence-corrected chi connectivity index (χ4v) is 2.70. The molecule has 1 heteroatoms. The molecule has 118 valence electrons. The summed E-state index contributed by atoms with van der Waals surface area (Å²) in [4.78, 5) is 0. The van der Waals surface area contributed by atoms with Gasteiger partial charge in [0, 0.05) is 5.69 Å². The zero-order chi connectivity index (χ0) is 16.2. The fraction of sp³-hybridized carbons (Fsp3) is 0.429. The second-order valence-electron chi connectivity index (χ2n) is 6.99. The number of hydrogen-bond donors (Lipinski definition) is 1. The first-order valence-corrected chi connectivity index (χ1v) is 8.35. The van der Waals surface area contributed by atoms with E-state index in [0.717, 1.165) is 12.8 Å². The minimum Gasteiger partial charge on any atom is -0.376 e. The summed E-state index contributed by atoms with van der Waals surface area (Å²) in [7, 11) is 0. The van der Waals surface area contributed by atoms with Crippen molar-refractivity contribution in [3.8, 4) is 0 Å². The largest absolute Gasteiger partial charge is 0.376 e. The van der Waals surface area contributed by atoms with Gasteiger partial charge in [-0.05, 0) is 48.4 Å². The third kappa shape index (κ3) is 3.52. The van der Waals surface area contributed by atoms with E-state index in [1.165, 1.54) is 16.8 Å². The van der Waals surface area contributed by atoms with Crippen LogP contribution in [0.4, 0.5) is 5.69 Å². The molecule has 0 bridgehead atoms. The maximum atomic E-state index is 3.69. The first kappa shape index (κ1) is 16.6. The van der Waals surface area contributed by atoms with Gasteiger partial charge >= 0.3 is 0 Å². The molecule has 0 saturated heterocycles. The van der Waals surface area contributed by atoms with Crippen molar-refractivity contribution >= 4 is 5.69 Å². The van der Waals surface area contributed by atoms with Gasteiger partial charge in [-0.15, -0.1) is 0 Å². The van der Waals surface area contributed by atoms with Crippen LogP contribution in [0.2, 0.25) is 0 Å². The van der Waals surface area contributed by atoms with Crippen LogP contribution in [0.15, 0.2) is 54.6 Å². The van der Waals surface area contributed by atoms with Crippen molar-refractivity contribution in [3.63, 3.8) is 0 Å². The molecule has 1 nitrogen and oxygen atoms in total. The number of hydrogen-bond acceptors (Lipinski definition) is 1. The molecule has 0 aliphatic rings. The van der Waals surface area contributed by atoms with Crippen LogP contribution in [0.3, 0.4) is 0 Å². The summed E-state index contributed by atoms with van der Waals surface area (Å²) in [5.41, 5.74) is 4.13. The first-order chi connectivity index (χ1) is 10.4. The van der Waals surface area contributed by atoms with Gasteiger partial charge in [-0.25, -0.2) is 0 Å².